The highest BCUT2D eigenvalue weighted by atomic mass is 16.4. The molecule has 0 aliphatic heterocycles. The quantitative estimate of drug-likeness (QED) is 0.245. The van der Waals surface area contributed by atoms with Gasteiger partial charge in [-0.2, -0.15) is 0 Å². The maximum absolute atomic E-state index is 10.6. The van der Waals surface area contributed by atoms with Gasteiger partial charge >= 0.3 is 7.12 Å². The van der Waals surface area contributed by atoms with Crippen molar-refractivity contribution >= 4 is 45.3 Å². The van der Waals surface area contributed by atoms with Crippen molar-refractivity contribution in [2.45, 2.75) is 5.41 Å². The molecule has 0 bridgehead atoms. The van der Waals surface area contributed by atoms with E-state index in [4.69, 9.17) is 4.42 Å². The monoisotopic (exact) mass is 500 g/mol. The van der Waals surface area contributed by atoms with Crippen molar-refractivity contribution in [2.24, 2.45) is 0 Å². The van der Waals surface area contributed by atoms with Gasteiger partial charge in [0.2, 0.25) is 0 Å². The molecule has 2 N–H and O–H groups in total. The minimum Gasteiger partial charge on any atom is -0.455 e. The summed E-state index contributed by atoms with van der Waals surface area (Å²) in [5, 5.41) is 25.2. The van der Waals surface area contributed by atoms with Crippen LogP contribution in [0.5, 0.6) is 0 Å². The van der Waals surface area contributed by atoms with Gasteiger partial charge in [0.15, 0.2) is 0 Å². The van der Waals surface area contributed by atoms with Gasteiger partial charge in [0, 0.05) is 16.3 Å². The topological polar surface area (TPSA) is 53.6 Å². The molecule has 2 aliphatic carbocycles. The van der Waals surface area contributed by atoms with Gasteiger partial charge in [-0.25, -0.2) is 0 Å². The van der Waals surface area contributed by atoms with Crippen LogP contribution in [0.25, 0.3) is 55.0 Å². The van der Waals surface area contributed by atoms with E-state index in [1.807, 2.05) is 36.4 Å². The summed E-state index contributed by atoms with van der Waals surface area (Å²) in [6, 6.07) is 40.0. The van der Waals surface area contributed by atoms with Crippen molar-refractivity contribution in [1.82, 2.24) is 0 Å². The van der Waals surface area contributed by atoms with E-state index < -0.39 is 12.5 Å². The summed E-state index contributed by atoms with van der Waals surface area (Å²) < 4.78 is 6.58. The van der Waals surface area contributed by atoms with Crippen molar-refractivity contribution in [3.8, 4) is 22.3 Å². The highest BCUT2D eigenvalue weighted by Gasteiger charge is 2.53. The maximum atomic E-state index is 10.6. The molecule has 0 fully saturated rings. The highest BCUT2D eigenvalue weighted by molar-refractivity contribution is 6.62. The molecule has 7 aromatic rings. The van der Waals surface area contributed by atoms with Crippen LogP contribution in [0.2, 0.25) is 0 Å². The summed E-state index contributed by atoms with van der Waals surface area (Å²) in [6.07, 6.45) is 0. The Morgan fingerprint density at radius 2 is 1.13 bits per heavy atom. The average Bonchev–Trinajstić information content (AvgIpc) is 3.60. The summed E-state index contributed by atoms with van der Waals surface area (Å²) in [5.74, 6) is 0. The van der Waals surface area contributed by atoms with Gasteiger partial charge in [-0.05, 0) is 61.2 Å². The van der Waals surface area contributed by atoms with Gasteiger partial charge in [-0.3, -0.25) is 0 Å². The Kier molecular flexibility index (Phi) is 3.97. The Balaban J connectivity index is 1.53. The molecule has 0 saturated carbocycles. The normalized spacial score (nSPS) is 16.6. The number of benzene rings is 6. The Hall–Kier alpha value is -4.64. The molecule has 1 unspecified atom stereocenters. The van der Waals surface area contributed by atoms with Gasteiger partial charge in [-0.1, -0.05) is 109 Å². The molecule has 3 nitrogen and oxygen atoms in total. The second-order valence-electron chi connectivity index (χ2n) is 10.6. The van der Waals surface area contributed by atoms with Gasteiger partial charge in [0.1, 0.15) is 11.2 Å². The first-order chi connectivity index (χ1) is 19.2. The zero-order valence-corrected chi connectivity index (χ0v) is 20.8. The fourth-order valence-electron chi connectivity index (χ4n) is 7.50. The zero-order chi connectivity index (χ0) is 25.9. The molecule has 39 heavy (non-hydrogen) atoms. The van der Waals surface area contributed by atoms with Crippen molar-refractivity contribution in [3.63, 3.8) is 0 Å². The fraction of sp³-hybridized carbons (Fsp3) is 0.0286. The van der Waals surface area contributed by atoms with Gasteiger partial charge in [0.05, 0.1) is 5.41 Å². The van der Waals surface area contributed by atoms with Gasteiger partial charge < -0.3 is 14.5 Å². The molecule has 182 valence electrons. The standard InChI is InChI=1S/C35H21BO3/c37-36(38)30-19-29-32(22-11-2-1-9-20(22)30)24-12-3-6-14-26(24)35(29)27-15-7-4-13-25(27)33-28(35)18-17-23-21-10-5-8-16-31(21)39-34(23)33/h1-19,37-38H. The lowest BCUT2D eigenvalue weighted by atomic mass is 9.67. The minimum absolute atomic E-state index is 0.521. The molecule has 6 aromatic carbocycles. The predicted octanol–water partition coefficient (Wildman–Crippen LogP) is 6.76. The first kappa shape index (κ1) is 21.3. The van der Waals surface area contributed by atoms with Crippen LogP contribution < -0.4 is 5.46 Å². The summed E-state index contributed by atoms with van der Waals surface area (Å²) in [4.78, 5) is 0. The number of para-hydroxylation sites is 1. The molecule has 0 saturated heterocycles. The van der Waals surface area contributed by atoms with Crippen LogP contribution in [-0.4, -0.2) is 17.2 Å². The van der Waals surface area contributed by atoms with E-state index in [1.54, 1.807) is 0 Å². The zero-order valence-electron chi connectivity index (χ0n) is 20.8. The second kappa shape index (κ2) is 7.26. The van der Waals surface area contributed by atoms with Gasteiger partial charge in [0.25, 0.3) is 0 Å². The third-order valence-electron chi connectivity index (χ3n) is 8.91. The number of rotatable bonds is 1. The van der Waals surface area contributed by atoms with Crippen molar-refractivity contribution in [2.75, 3.05) is 0 Å². The van der Waals surface area contributed by atoms with E-state index >= 15 is 0 Å². The molecular weight excluding hydrogens is 479 g/mol. The van der Waals surface area contributed by atoms with Crippen LogP contribution in [-0.2, 0) is 5.41 Å². The lowest BCUT2D eigenvalue weighted by molar-refractivity contribution is 0.426. The molecule has 1 spiro atoms. The molecular formula is C35H21BO3. The SMILES string of the molecule is OB(O)c1cc2c(c3ccccc13)-c1ccccc1C21c2ccccc2-c2c1ccc1c2oc2ccccc21. The van der Waals surface area contributed by atoms with Crippen molar-refractivity contribution < 1.29 is 14.5 Å². The third-order valence-corrected chi connectivity index (χ3v) is 8.91. The van der Waals surface area contributed by atoms with Crippen LogP contribution in [0.4, 0.5) is 0 Å². The number of furan rings is 1. The molecule has 4 heteroatoms. The van der Waals surface area contributed by atoms with Gasteiger partial charge in [-0.15, -0.1) is 0 Å². The largest absolute Gasteiger partial charge is 0.489 e. The Morgan fingerprint density at radius 1 is 0.513 bits per heavy atom. The Morgan fingerprint density at radius 3 is 1.87 bits per heavy atom. The van der Waals surface area contributed by atoms with Crippen LogP contribution >= 0.6 is 0 Å². The number of fused-ring (bicyclic) bond motifs is 16. The van der Waals surface area contributed by atoms with Crippen LogP contribution in [0, 0.1) is 0 Å². The molecule has 0 amide bonds. The maximum Gasteiger partial charge on any atom is 0.489 e. The molecule has 9 rings (SSSR count). The first-order valence-electron chi connectivity index (χ1n) is 13.3. The van der Waals surface area contributed by atoms with Crippen molar-refractivity contribution in [1.29, 1.82) is 0 Å². The average molecular weight is 500 g/mol. The summed E-state index contributed by atoms with van der Waals surface area (Å²) in [6.45, 7) is 0. The Bertz CT molecular complexity index is 2170. The smallest absolute Gasteiger partial charge is 0.455 e. The van der Waals surface area contributed by atoms with E-state index in [0.717, 1.165) is 60.5 Å². The van der Waals surface area contributed by atoms with Crippen LogP contribution in [0.3, 0.4) is 0 Å². The van der Waals surface area contributed by atoms with E-state index in [1.165, 1.54) is 16.7 Å². The van der Waals surface area contributed by atoms with Crippen LogP contribution in [0.1, 0.15) is 22.3 Å². The summed E-state index contributed by atoms with van der Waals surface area (Å²) in [7, 11) is -1.59. The molecule has 1 atom stereocenters. The van der Waals surface area contributed by atoms with Crippen LogP contribution in [0.15, 0.2) is 120 Å². The summed E-state index contributed by atoms with van der Waals surface area (Å²) >= 11 is 0. The molecule has 1 heterocycles. The fourth-order valence-corrected chi connectivity index (χ4v) is 7.50. The molecule has 1 aromatic heterocycles. The second-order valence-corrected chi connectivity index (χ2v) is 10.6. The number of hydrogen-bond donors (Lipinski definition) is 2. The van der Waals surface area contributed by atoms with E-state index in [9.17, 15) is 10.0 Å². The predicted molar refractivity (Wildman–Crippen MR) is 157 cm³/mol. The molecule has 0 radical (unpaired) electrons. The lowest BCUT2D eigenvalue weighted by Crippen LogP contribution is -2.33. The Labute approximate surface area is 224 Å². The molecule has 2 aliphatic rings. The van der Waals surface area contributed by atoms with E-state index in [-0.39, 0.29) is 0 Å². The number of hydrogen-bond acceptors (Lipinski definition) is 3. The summed E-state index contributed by atoms with van der Waals surface area (Å²) in [5.41, 5.74) is 10.9. The van der Waals surface area contributed by atoms with E-state index in [0.29, 0.717) is 5.46 Å². The lowest BCUT2D eigenvalue weighted by Gasteiger charge is -2.31. The highest BCUT2D eigenvalue weighted by Crippen LogP contribution is 2.64. The first-order valence-corrected chi connectivity index (χ1v) is 13.3. The van der Waals surface area contributed by atoms with Crippen molar-refractivity contribution in [3.05, 3.63) is 138 Å². The van der Waals surface area contributed by atoms with E-state index in [2.05, 4.69) is 78.9 Å². The third kappa shape index (κ3) is 2.42. The minimum atomic E-state index is -1.59.